The number of carbonyl (C=O) groups is 1. The van der Waals surface area contributed by atoms with Gasteiger partial charge in [-0.2, -0.15) is 0 Å². The van der Waals surface area contributed by atoms with Gasteiger partial charge in [-0.15, -0.1) is 0 Å². The van der Waals surface area contributed by atoms with Gasteiger partial charge in [0.1, 0.15) is 5.69 Å². The maximum atomic E-state index is 12.3. The van der Waals surface area contributed by atoms with Crippen molar-refractivity contribution in [3.05, 3.63) is 64.4 Å². The summed E-state index contributed by atoms with van der Waals surface area (Å²) in [4.78, 5) is 19.0. The van der Waals surface area contributed by atoms with E-state index in [-0.39, 0.29) is 11.9 Å². The van der Waals surface area contributed by atoms with Crippen molar-refractivity contribution in [3.63, 3.8) is 0 Å². The fourth-order valence-corrected chi connectivity index (χ4v) is 3.14. The molecule has 3 rings (SSSR count). The Morgan fingerprint density at radius 3 is 2.58 bits per heavy atom. The van der Waals surface area contributed by atoms with Crippen molar-refractivity contribution < 1.29 is 4.79 Å². The Balaban J connectivity index is 1.48. The molecule has 1 aromatic carbocycles. The zero-order valence-corrected chi connectivity index (χ0v) is 14.6. The standard InChI is InChI=1S/C19H22ClN3O/c1-14-3-2-4-18(21-14)19(24)22-17-9-11-23(12-10-17)13-15-5-7-16(20)8-6-15/h2-8,17H,9-13H2,1H3,(H,22,24). The Morgan fingerprint density at radius 1 is 1.21 bits per heavy atom. The molecule has 2 aromatic rings. The molecule has 5 heteroatoms. The lowest BCUT2D eigenvalue weighted by Gasteiger charge is -2.32. The van der Waals surface area contributed by atoms with Crippen LogP contribution in [0.3, 0.4) is 0 Å². The molecule has 1 aliphatic rings. The van der Waals surface area contributed by atoms with Gasteiger partial charge < -0.3 is 5.32 Å². The molecule has 0 spiro atoms. The van der Waals surface area contributed by atoms with E-state index in [0.29, 0.717) is 5.69 Å². The summed E-state index contributed by atoms with van der Waals surface area (Å²) in [6, 6.07) is 13.7. The molecule has 0 saturated carbocycles. The predicted molar refractivity (Wildman–Crippen MR) is 96.2 cm³/mol. The Morgan fingerprint density at radius 2 is 1.92 bits per heavy atom. The van der Waals surface area contributed by atoms with E-state index in [1.807, 2.05) is 31.2 Å². The van der Waals surface area contributed by atoms with Crippen LogP contribution >= 0.6 is 11.6 Å². The highest BCUT2D eigenvalue weighted by atomic mass is 35.5. The van der Waals surface area contributed by atoms with Gasteiger partial charge >= 0.3 is 0 Å². The van der Waals surface area contributed by atoms with Gasteiger partial charge in [-0.3, -0.25) is 9.69 Å². The largest absolute Gasteiger partial charge is 0.348 e. The van der Waals surface area contributed by atoms with Crippen LogP contribution in [-0.4, -0.2) is 34.9 Å². The highest BCUT2D eigenvalue weighted by Crippen LogP contribution is 2.16. The number of aryl methyl sites for hydroxylation is 1. The second-order valence-corrected chi connectivity index (χ2v) is 6.75. The minimum absolute atomic E-state index is 0.0742. The third-order valence-corrected chi connectivity index (χ3v) is 4.62. The number of carbonyl (C=O) groups excluding carboxylic acids is 1. The van der Waals surface area contributed by atoms with Gasteiger partial charge in [0, 0.05) is 36.4 Å². The quantitative estimate of drug-likeness (QED) is 0.925. The molecule has 4 nitrogen and oxygen atoms in total. The SMILES string of the molecule is Cc1cccc(C(=O)NC2CCN(Cc3ccc(Cl)cc3)CC2)n1. The van der Waals surface area contributed by atoms with Crippen molar-refractivity contribution in [2.45, 2.75) is 32.4 Å². The number of pyridine rings is 1. The zero-order chi connectivity index (χ0) is 16.9. The van der Waals surface area contributed by atoms with E-state index < -0.39 is 0 Å². The van der Waals surface area contributed by atoms with E-state index in [0.717, 1.165) is 43.2 Å². The summed E-state index contributed by atoms with van der Waals surface area (Å²) in [6.45, 7) is 4.78. The fourth-order valence-electron chi connectivity index (χ4n) is 3.01. The van der Waals surface area contributed by atoms with Gasteiger partial charge in [-0.05, 0) is 49.6 Å². The smallest absolute Gasteiger partial charge is 0.270 e. The number of nitrogens with one attached hydrogen (secondary N) is 1. The van der Waals surface area contributed by atoms with Crippen molar-refractivity contribution in [1.82, 2.24) is 15.2 Å². The maximum absolute atomic E-state index is 12.3. The number of hydrogen-bond donors (Lipinski definition) is 1. The van der Waals surface area contributed by atoms with E-state index >= 15 is 0 Å². The highest BCUT2D eigenvalue weighted by Gasteiger charge is 2.21. The first-order chi connectivity index (χ1) is 11.6. The van der Waals surface area contributed by atoms with Gasteiger partial charge in [-0.25, -0.2) is 4.98 Å². The molecule has 0 atom stereocenters. The molecule has 24 heavy (non-hydrogen) atoms. The van der Waals surface area contributed by atoms with Crippen LogP contribution in [0.15, 0.2) is 42.5 Å². The van der Waals surface area contributed by atoms with Crippen LogP contribution in [0.1, 0.15) is 34.6 Å². The number of halogens is 1. The van der Waals surface area contributed by atoms with Crippen molar-refractivity contribution in [1.29, 1.82) is 0 Å². The molecule has 1 N–H and O–H groups in total. The normalized spacial score (nSPS) is 16.1. The van der Waals surface area contributed by atoms with Crippen LogP contribution in [0, 0.1) is 6.92 Å². The molecule has 1 aliphatic heterocycles. The third kappa shape index (κ3) is 4.56. The molecule has 0 unspecified atom stereocenters. The van der Waals surface area contributed by atoms with E-state index in [2.05, 4.69) is 27.3 Å². The second-order valence-electron chi connectivity index (χ2n) is 6.31. The van der Waals surface area contributed by atoms with E-state index in [9.17, 15) is 4.79 Å². The molecule has 2 heterocycles. The van der Waals surface area contributed by atoms with Gasteiger partial charge in [0.25, 0.3) is 5.91 Å². The lowest BCUT2D eigenvalue weighted by Crippen LogP contribution is -2.44. The predicted octanol–water partition coefficient (Wildman–Crippen LogP) is 3.44. The van der Waals surface area contributed by atoms with Crippen molar-refractivity contribution >= 4 is 17.5 Å². The first kappa shape index (κ1) is 16.9. The van der Waals surface area contributed by atoms with Gasteiger partial charge in [0.2, 0.25) is 0 Å². The third-order valence-electron chi connectivity index (χ3n) is 4.36. The molecule has 1 saturated heterocycles. The molecule has 1 aromatic heterocycles. The minimum Gasteiger partial charge on any atom is -0.348 e. The Bertz CT molecular complexity index is 694. The van der Waals surface area contributed by atoms with E-state index in [4.69, 9.17) is 11.6 Å². The number of nitrogens with zero attached hydrogens (tertiary/aromatic N) is 2. The topological polar surface area (TPSA) is 45.2 Å². The zero-order valence-electron chi connectivity index (χ0n) is 13.8. The molecule has 1 amide bonds. The minimum atomic E-state index is -0.0742. The monoisotopic (exact) mass is 343 g/mol. The van der Waals surface area contributed by atoms with Crippen LogP contribution in [-0.2, 0) is 6.54 Å². The summed E-state index contributed by atoms with van der Waals surface area (Å²) in [5, 5.41) is 3.88. The van der Waals surface area contributed by atoms with Gasteiger partial charge in [0.15, 0.2) is 0 Å². The van der Waals surface area contributed by atoms with Crippen molar-refractivity contribution in [2.24, 2.45) is 0 Å². The average Bonchev–Trinajstić information content (AvgIpc) is 2.59. The summed E-state index contributed by atoms with van der Waals surface area (Å²) in [5.41, 5.74) is 2.63. The van der Waals surface area contributed by atoms with Crippen LogP contribution < -0.4 is 5.32 Å². The first-order valence-electron chi connectivity index (χ1n) is 8.31. The van der Waals surface area contributed by atoms with Gasteiger partial charge in [0.05, 0.1) is 0 Å². The molecule has 0 aliphatic carbocycles. The summed E-state index contributed by atoms with van der Waals surface area (Å²) in [7, 11) is 0. The second kappa shape index (κ2) is 7.77. The summed E-state index contributed by atoms with van der Waals surface area (Å²) >= 11 is 5.92. The van der Waals surface area contributed by atoms with E-state index in [1.54, 1.807) is 6.07 Å². The van der Waals surface area contributed by atoms with Crippen molar-refractivity contribution in [3.8, 4) is 0 Å². The number of rotatable bonds is 4. The summed E-state index contributed by atoms with van der Waals surface area (Å²) < 4.78 is 0. The maximum Gasteiger partial charge on any atom is 0.270 e. The van der Waals surface area contributed by atoms with Crippen LogP contribution in [0.25, 0.3) is 0 Å². The Hall–Kier alpha value is -1.91. The first-order valence-corrected chi connectivity index (χ1v) is 8.69. The van der Waals surface area contributed by atoms with Crippen LogP contribution in [0.5, 0.6) is 0 Å². The number of benzene rings is 1. The Labute approximate surface area is 147 Å². The number of hydrogen-bond acceptors (Lipinski definition) is 3. The van der Waals surface area contributed by atoms with Crippen LogP contribution in [0.2, 0.25) is 5.02 Å². The molecule has 1 fully saturated rings. The molecule has 0 radical (unpaired) electrons. The average molecular weight is 344 g/mol. The summed E-state index contributed by atoms with van der Waals surface area (Å²) in [5.74, 6) is -0.0742. The molecular weight excluding hydrogens is 322 g/mol. The molecular formula is C19H22ClN3O. The number of amides is 1. The molecule has 0 bridgehead atoms. The molecule has 126 valence electrons. The summed E-state index contributed by atoms with van der Waals surface area (Å²) in [6.07, 6.45) is 1.93. The van der Waals surface area contributed by atoms with E-state index in [1.165, 1.54) is 5.56 Å². The lowest BCUT2D eigenvalue weighted by atomic mass is 10.0. The number of likely N-dealkylation sites (tertiary alicyclic amines) is 1. The van der Waals surface area contributed by atoms with Crippen LogP contribution in [0.4, 0.5) is 0 Å². The van der Waals surface area contributed by atoms with Crippen molar-refractivity contribution in [2.75, 3.05) is 13.1 Å². The van der Waals surface area contributed by atoms with Gasteiger partial charge in [-0.1, -0.05) is 29.8 Å². The highest BCUT2D eigenvalue weighted by molar-refractivity contribution is 6.30. The Kier molecular flexibility index (Phi) is 5.48. The number of aromatic nitrogens is 1. The lowest BCUT2D eigenvalue weighted by molar-refractivity contribution is 0.0903. The fraction of sp³-hybridized carbons (Fsp3) is 0.368. The number of piperidine rings is 1.